The van der Waals surface area contributed by atoms with E-state index in [0.717, 1.165) is 44.1 Å². The Morgan fingerprint density at radius 2 is 1.91 bits per heavy atom. The highest BCUT2D eigenvalue weighted by Crippen LogP contribution is 2.32. The smallest absolute Gasteiger partial charge is 0.161 e. The van der Waals surface area contributed by atoms with Gasteiger partial charge in [-0.25, -0.2) is 0 Å². The van der Waals surface area contributed by atoms with Crippen LogP contribution in [0, 0.1) is 0 Å². The largest absolute Gasteiger partial charge is 0.493 e. The van der Waals surface area contributed by atoms with Crippen molar-refractivity contribution in [2.75, 3.05) is 53.5 Å². The SMILES string of the molecule is CCCOc1ccc(C(CN)N2CCN(C)CC2)cc1OC. The number of hydrogen-bond donors (Lipinski definition) is 1. The maximum Gasteiger partial charge on any atom is 0.161 e. The van der Waals surface area contributed by atoms with E-state index in [0.29, 0.717) is 13.2 Å². The minimum absolute atomic E-state index is 0.239. The van der Waals surface area contributed by atoms with E-state index in [9.17, 15) is 0 Å². The van der Waals surface area contributed by atoms with Crippen LogP contribution in [0.2, 0.25) is 0 Å². The van der Waals surface area contributed by atoms with Crippen LogP contribution in [0.25, 0.3) is 0 Å². The molecule has 0 aromatic heterocycles. The Balaban J connectivity index is 2.14. The zero-order valence-corrected chi connectivity index (χ0v) is 14.0. The molecule has 124 valence electrons. The Morgan fingerprint density at radius 1 is 1.18 bits per heavy atom. The molecule has 1 aromatic rings. The minimum Gasteiger partial charge on any atom is -0.493 e. The van der Waals surface area contributed by atoms with E-state index in [1.165, 1.54) is 5.56 Å². The van der Waals surface area contributed by atoms with Gasteiger partial charge in [-0.2, -0.15) is 0 Å². The summed E-state index contributed by atoms with van der Waals surface area (Å²) in [6.45, 7) is 7.69. The quantitative estimate of drug-likeness (QED) is 0.831. The topological polar surface area (TPSA) is 51.0 Å². The molecule has 0 bridgehead atoms. The summed E-state index contributed by atoms with van der Waals surface area (Å²) in [6, 6.07) is 6.43. The zero-order chi connectivity index (χ0) is 15.9. The van der Waals surface area contributed by atoms with Crippen LogP contribution < -0.4 is 15.2 Å². The molecule has 5 nitrogen and oxygen atoms in total. The van der Waals surface area contributed by atoms with Gasteiger partial charge < -0.3 is 20.1 Å². The minimum atomic E-state index is 0.239. The van der Waals surface area contributed by atoms with Gasteiger partial charge in [-0.15, -0.1) is 0 Å². The third-order valence-electron chi connectivity index (χ3n) is 4.24. The van der Waals surface area contributed by atoms with Gasteiger partial charge in [0.15, 0.2) is 11.5 Å². The molecule has 0 amide bonds. The van der Waals surface area contributed by atoms with Crippen molar-refractivity contribution in [3.63, 3.8) is 0 Å². The number of piperazine rings is 1. The fourth-order valence-corrected chi connectivity index (χ4v) is 2.85. The molecule has 1 fully saturated rings. The monoisotopic (exact) mass is 307 g/mol. The van der Waals surface area contributed by atoms with E-state index in [-0.39, 0.29) is 6.04 Å². The Hall–Kier alpha value is -1.30. The molecule has 1 heterocycles. The van der Waals surface area contributed by atoms with E-state index in [4.69, 9.17) is 15.2 Å². The molecule has 0 aliphatic carbocycles. The number of likely N-dealkylation sites (N-methyl/N-ethyl adjacent to an activating group) is 1. The van der Waals surface area contributed by atoms with Crippen molar-refractivity contribution in [1.29, 1.82) is 0 Å². The van der Waals surface area contributed by atoms with Gasteiger partial charge in [0.05, 0.1) is 13.7 Å². The molecule has 1 aliphatic rings. The molecule has 2 rings (SSSR count). The lowest BCUT2D eigenvalue weighted by Gasteiger charge is -2.37. The number of hydrogen-bond acceptors (Lipinski definition) is 5. The van der Waals surface area contributed by atoms with Crippen molar-refractivity contribution in [1.82, 2.24) is 9.80 Å². The van der Waals surface area contributed by atoms with Crippen LogP contribution in [-0.4, -0.2) is 63.3 Å². The Bertz CT molecular complexity index is 459. The van der Waals surface area contributed by atoms with Crippen molar-refractivity contribution in [3.05, 3.63) is 23.8 Å². The average Bonchev–Trinajstić information content (AvgIpc) is 2.55. The van der Waals surface area contributed by atoms with E-state index in [2.05, 4.69) is 35.9 Å². The molecule has 22 heavy (non-hydrogen) atoms. The predicted octanol–water partition coefficient (Wildman–Crippen LogP) is 1.73. The molecule has 1 saturated heterocycles. The predicted molar refractivity (Wildman–Crippen MR) is 89.6 cm³/mol. The zero-order valence-electron chi connectivity index (χ0n) is 14.0. The van der Waals surface area contributed by atoms with Crippen molar-refractivity contribution in [2.24, 2.45) is 5.73 Å². The van der Waals surface area contributed by atoms with Crippen molar-refractivity contribution >= 4 is 0 Å². The van der Waals surface area contributed by atoms with Crippen molar-refractivity contribution < 1.29 is 9.47 Å². The lowest BCUT2D eigenvalue weighted by Crippen LogP contribution is -2.47. The maximum atomic E-state index is 6.05. The van der Waals surface area contributed by atoms with Gasteiger partial charge in [0.1, 0.15) is 0 Å². The van der Waals surface area contributed by atoms with E-state index < -0.39 is 0 Å². The summed E-state index contributed by atoms with van der Waals surface area (Å²) in [4.78, 5) is 4.81. The molecular formula is C17H29N3O2. The summed E-state index contributed by atoms with van der Waals surface area (Å²) in [5, 5.41) is 0. The van der Waals surface area contributed by atoms with Crippen LogP contribution in [0.3, 0.4) is 0 Å². The molecule has 2 N–H and O–H groups in total. The first kappa shape index (κ1) is 17.1. The third-order valence-corrected chi connectivity index (χ3v) is 4.24. The van der Waals surface area contributed by atoms with Gasteiger partial charge in [0, 0.05) is 38.8 Å². The second-order valence-corrected chi connectivity index (χ2v) is 5.85. The summed E-state index contributed by atoms with van der Waals surface area (Å²) >= 11 is 0. The number of nitrogens with two attached hydrogens (primary N) is 1. The van der Waals surface area contributed by atoms with Crippen LogP contribution in [0.1, 0.15) is 24.9 Å². The van der Waals surface area contributed by atoms with Crippen LogP contribution in [0.15, 0.2) is 18.2 Å². The van der Waals surface area contributed by atoms with Gasteiger partial charge in [-0.3, -0.25) is 4.90 Å². The fraction of sp³-hybridized carbons (Fsp3) is 0.647. The summed E-state index contributed by atoms with van der Waals surface area (Å²) in [5.74, 6) is 1.60. The second-order valence-electron chi connectivity index (χ2n) is 5.85. The highest BCUT2D eigenvalue weighted by atomic mass is 16.5. The van der Waals surface area contributed by atoms with Crippen molar-refractivity contribution in [2.45, 2.75) is 19.4 Å². The molecule has 0 spiro atoms. The molecule has 1 unspecified atom stereocenters. The maximum absolute atomic E-state index is 6.05. The Kier molecular flexibility index (Phi) is 6.49. The number of ether oxygens (including phenoxy) is 2. The average molecular weight is 307 g/mol. The molecule has 1 aromatic carbocycles. The molecular weight excluding hydrogens is 278 g/mol. The number of nitrogens with zero attached hydrogens (tertiary/aromatic N) is 2. The fourth-order valence-electron chi connectivity index (χ4n) is 2.85. The lowest BCUT2D eigenvalue weighted by atomic mass is 10.0. The van der Waals surface area contributed by atoms with Gasteiger partial charge in [0.2, 0.25) is 0 Å². The molecule has 0 radical (unpaired) electrons. The summed E-state index contributed by atoms with van der Waals surface area (Å²) in [5.41, 5.74) is 7.25. The first-order valence-corrected chi connectivity index (χ1v) is 8.13. The van der Waals surface area contributed by atoms with Crippen LogP contribution in [-0.2, 0) is 0 Å². The number of methoxy groups -OCH3 is 1. The van der Waals surface area contributed by atoms with Gasteiger partial charge in [0.25, 0.3) is 0 Å². The van der Waals surface area contributed by atoms with E-state index >= 15 is 0 Å². The number of rotatable bonds is 7. The first-order chi connectivity index (χ1) is 10.7. The Morgan fingerprint density at radius 3 is 2.50 bits per heavy atom. The van der Waals surface area contributed by atoms with E-state index in [1.54, 1.807) is 7.11 Å². The lowest BCUT2D eigenvalue weighted by molar-refractivity contribution is 0.114. The first-order valence-electron chi connectivity index (χ1n) is 8.13. The number of benzene rings is 1. The molecule has 0 saturated carbocycles. The van der Waals surface area contributed by atoms with Crippen molar-refractivity contribution in [3.8, 4) is 11.5 Å². The standard InChI is InChI=1S/C17H29N3O2/c1-4-11-22-16-6-5-14(12-17(16)21-3)15(13-18)20-9-7-19(2)8-10-20/h5-6,12,15H,4,7-11,13,18H2,1-3H3. The van der Waals surface area contributed by atoms with E-state index in [1.807, 2.05) is 6.07 Å². The van der Waals surface area contributed by atoms with Crippen LogP contribution in [0.5, 0.6) is 11.5 Å². The van der Waals surface area contributed by atoms with Crippen LogP contribution >= 0.6 is 0 Å². The molecule has 1 atom stereocenters. The second kappa shape index (κ2) is 8.36. The third kappa shape index (κ3) is 4.12. The van der Waals surface area contributed by atoms with Gasteiger partial charge in [-0.1, -0.05) is 13.0 Å². The highest BCUT2D eigenvalue weighted by Gasteiger charge is 2.23. The van der Waals surface area contributed by atoms with Gasteiger partial charge in [-0.05, 0) is 31.2 Å². The molecule has 5 heteroatoms. The normalized spacial score (nSPS) is 18.2. The summed E-state index contributed by atoms with van der Waals surface area (Å²) < 4.78 is 11.2. The summed E-state index contributed by atoms with van der Waals surface area (Å²) in [7, 11) is 3.85. The Labute approximate surface area is 134 Å². The van der Waals surface area contributed by atoms with Gasteiger partial charge >= 0.3 is 0 Å². The molecule has 1 aliphatic heterocycles. The highest BCUT2D eigenvalue weighted by molar-refractivity contribution is 5.44. The summed E-state index contributed by atoms with van der Waals surface area (Å²) in [6.07, 6.45) is 0.984. The van der Waals surface area contributed by atoms with Crippen LogP contribution in [0.4, 0.5) is 0 Å².